The second-order valence-corrected chi connectivity index (χ2v) is 4.26. The summed E-state index contributed by atoms with van der Waals surface area (Å²) >= 11 is 0. The zero-order valence-corrected chi connectivity index (χ0v) is 9.87. The Bertz CT molecular complexity index is 306. The summed E-state index contributed by atoms with van der Waals surface area (Å²) in [5.74, 6) is 2.50. The maximum absolute atomic E-state index is 5.52. The van der Waals surface area contributed by atoms with Gasteiger partial charge >= 0.3 is 0 Å². The lowest BCUT2D eigenvalue weighted by Crippen LogP contribution is -2.27. The maximum Gasteiger partial charge on any atom is 0.208 e. The van der Waals surface area contributed by atoms with Crippen LogP contribution in [0.3, 0.4) is 0 Å². The highest BCUT2D eigenvalue weighted by Gasteiger charge is 2.13. The number of oxazole rings is 1. The number of nitrogens with one attached hydrogen (secondary N) is 1. The molecule has 16 heavy (non-hydrogen) atoms. The van der Waals surface area contributed by atoms with E-state index in [4.69, 9.17) is 9.15 Å². The van der Waals surface area contributed by atoms with Crippen molar-refractivity contribution in [2.24, 2.45) is 5.92 Å². The fourth-order valence-corrected chi connectivity index (χ4v) is 1.93. The van der Waals surface area contributed by atoms with E-state index in [1.807, 2.05) is 6.20 Å². The zero-order chi connectivity index (χ0) is 11.2. The highest BCUT2D eigenvalue weighted by Crippen LogP contribution is 2.13. The first-order chi connectivity index (χ1) is 7.88. The highest BCUT2D eigenvalue weighted by atomic mass is 16.5. The highest BCUT2D eigenvalue weighted by molar-refractivity contribution is 4.93. The number of ether oxygens (including phenoxy) is 1. The number of rotatable bonds is 5. The standard InChI is InChI=1S/C12H20N2O2/c1-2-11-8-14-12(16-11)9-13-7-10-3-5-15-6-4-10/h8,10,13H,2-7,9H2,1H3. The minimum atomic E-state index is 0.733. The number of nitrogens with zero attached hydrogens (tertiary/aromatic N) is 1. The fraction of sp³-hybridized carbons (Fsp3) is 0.750. The van der Waals surface area contributed by atoms with E-state index >= 15 is 0 Å². The van der Waals surface area contributed by atoms with E-state index in [1.165, 1.54) is 12.8 Å². The second-order valence-electron chi connectivity index (χ2n) is 4.26. The van der Waals surface area contributed by atoms with Crippen LogP contribution in [0.2, 0.25) is 0 Å². The summed E-state index contributed by atoms with van der Waals surface area (Å²) in [7, 11) is 0. The summed E-state index contributed by atoms with van der Waals surface area (Å²) < 4.78 is 10.8. The van der Waals surface area contributed by atoms with Crippen LogP contribution in [0.5, 0.6) is 0 Å². The van der Waals surface area contributed by atoms with Crippen LogP contribution in [0.15, 0.2) is 10.6 Å². The first-order valence-corrected chi connectivity index (χ1v) is 6.10. The Labute approximate surface area is 96.4 Å². The summed E-state index contributed by atoms with van der Waals surface area (Å²) in [4.78, 5) is 4.22. The van der Waals surface area contributed by atoms with Crippen molar-refractivity contribution in [2.75, 3.05) is 19.8 Å². The molecule has 0 spiro atoms. The van der Waals surface area contributed by atoms with Gasteiger partial charge in [0.25, 0.3) is 0 Å². The lowest BCUT2D eigenvalue weighted by atomic mass is 10.0. The Balaban J connectivity index is 1.66. The number of aryl methyl sites for hydroxylation is 1. The summed E-state index contributed by atoms with van der Waals surface area (Å²) in [6.45, 7) is 5.65. The van der Waals surface area contributed by atoms with E-state index in [0.717, 1.165) is 50.3 Å². The molecule has 1 aliphatic heterocycles. The van der Waals surface area contributed by atoms with Crippen molar-refractivity contribution in [1.82, 2.24) is 10.3 Å². The Morgan fingerprint density at radius 2 is 2.25 bits per heavy atom. The van der Waals surface area contributed by atoms with Crippen molar-refractivity contribution >= 4 is 0 Å². The molecular formula is C12H20N2O2. The third kappa shape index (κ3) is 3.32. The third-order valence-corrected chi connectivity index (χ3v) is 3.00. The van der Waals surface area contributed by atoms with E-state index < -0.39 is 0 Å². The van der Waals surface area contributed by atoms with E-state index in [0.29, 0.717) is 0 Å². The molecule has 0 saturated carbocycles. The summed E-state index contributed by atoms with van der Waals surface area (Å²) in [5, 5.41) is 3.40. The molecule has 1 saturated heterocycles. The van der Waals surface area contributed by atoms with Crippen LogP contribution < -0.4 is 5.32 Å². The molecule has 4 nitrogen and oxygen atoms in total. The first kappa shape index (κ1) is 11.6. The van der Waals surface area contributed by atoms with Gasteiger partial charge in [-0.15, -0.1) is 0 Å². The van der Waals surface area contributed by atoms with Gasteiger partial charge in [0.1, 0.15) is 5.76 Å². The number of hydrogen-bond acceptors (Lipinski definition) is 4. The van der Waals surface area contributed by atoms with Crippen molar-refractivity contribution < 1.29 is 9.15 Å². The predicted octanol–water partition coefficient (Wildman–Crippen LogP) is 1.75. The number of hydrogen-bond donors (Lipinski definition) is 1. The van der Waals surface area contributed by atoms with Crippen LogP contribution in [-0.2, 0) is 17.7 Å². The molecule has 90 valence electrons. The fourth-order valence-electron chi connectivity index (χ4n) is 1.93. The second kappa shape index (κ2) is 6.01. The number of aromatic nitrogens is 1. The molecule has 0 bridgehead atoms. The van der Waals surface area contributed by atoms with Gasteiger partial charge in [0.2, 0.25) is 5.89 Å². The van der Waals surface area contributed by atoms with Gasteiger partial charge in [0, 0.05) is 19.6 Å². The molecule has 0 aliphatic carbocycles. The first-order valence-electron chi connectivity index (χ1n) is 6.10. The Morgan fingerprint density at radius 3 is 2.94 bits per heavy atom. The van der Waals surface area contributed by atoms with Gasteiger partial charge in [-0.1, -0.05) is 6.92 Å². The molecule has 0 atom stereocenters. The van der Waals surface area contributed by atoms with Crippen molar-refractivity contribution in [2.45, 2.75) is 32.7 Å². The molecule has 1 aromatic rings. The van der Waals surface area contributed by atoms with E-state index in [9.17, 15) is 0 Å². The van der Waals surface area contributed by atoms with Crippen LogP contribution in [0, 0.1) is 5.92 Å². The van der Waals surface area contributed by atoms with Gasteiger partial charge in [0.05, 0.1) is 12.7 Å². The smallest absolute Gasteiger partial charge is 0.208 e. The average Bonchev–Trinajstić information content (AvgIpc) is 2.78. The van der Waals surface area contributed by atoms with E-state index in [-0.39, 0.29) is 0 Å². The summed E-state index contributed by atoms with van der Waals surface area (Å²) in [5.41, 5.74) is 0. The molecule has 2 heterocycles. The lowest BCUT2D eigenvalue weighted by molar-refractivity contribution is 0.0661. The van der Waals surface area contributed by atoms with Crippen LogP contribution >= 0.6 is 0 Å². The van der Waals surface area contributed by atoms with Crippen LogP contribution in [0.1, 0.15) is 31.4 Å². The van der Waals surface area contributed by atoms with E-state index in [2.05, 4.69) is 17.2 Å². The van der Waals surface area contributed by atoms with Gasteiger partial charge in [-0.2, -0.15) is 0 Å². The molecule has 0 unspecified atom stereocenters. The molecule has 4 heteroatoms. The van der Waals surface area contributed by atoms with Gasteiger partial charge in [-0.25, -0.2) is 4.98 Å². The molecule has 0 aromatic carbocycles. The topological polar surface area (TPSA) is 47.3 Å². The molecular weight excluding hydrogens is 204 g/mol. The Morgan fingerprint density at radius 1 is 1.44 bits per heavy atom. The average molecular weight is 224 g/mol. The molecule has 0 amide bonds. The van der Waals surface area contributed by atoms with Gasteiger partial charge < -0.3 is 14.5 Å². The molecule has 1 aromatic heterocycles. The summed E-state index contributed by atoms with van der Waals surface area (Å²) in [6.07, 6.45) is 5.05. The maximum atomic E-state index is 5.52. The van der Waals surface area contributed by atoms with E-state index in [1.54, 1.807) is 0 Å². The molecule has 1 fully saturated rings. The molecule has 2 rings (SSSR count). The van der Waals surface area contributed by atoms with Crippen molar-refractivity contribution in [3.8, 4) is 0 Å². The minimum Gasteiger partial charge on any atom is -0.444 e. The van der Waals surface area contributed by atoms with Crippen molar-refractivity contribution in [1.29, 1.82) is 0 Å². The Kier molecular flexibility index (Phi) is 4.36. The van der Waals surface area contributed by atoms with Gasteiger partial charge in [-0.3, -0.25) is 0 Å². The van der Waals surface area contributed by atoms with Crippen LogP contribution in [-0.4, -0.2) is 24.7 Å². The van der Waals surface area contributed by atoms with Crippen molar-refractivity contribution in [3.63, 3.8) is 0 Å². The quantitative estimate of drug-likeness (QED) is 0.827. The largest absolute Gasteiger partial charge is 0.444 e. The minimum absolute atomic E-state index is 0.733. The zero-order valence-electron chi connectivity index (χ0n) is 9.87. The molecule has 1 N–H and O–H groups in total. The van der Waals surface area contributed by atoms with Gasteiger partial charge in [-0.05, 0) is 25.3 Å². The molecule has 1 aliphatic rings. The molecule has 0 radical (unpaired) electrons. The van der Waals surface area contributed by atoms with Gasteiger partial charge in [0.15, 0.2) is 0 Å². The Hall–Kier alpha value is -0.870. The van der Waals surface area contributed by atoms with Crippen LogP contribution in [0.4, 0.5) is 0 Å². The summed E-state index contributed by atoms with van der Waals surface area (Å²) in [6, 6.07) is 0. The normalized spacial score (nSPS) is 17.8. The van der Waals surface area contributed by atoms with Crippen LogP contribution in [0.25, 0.3) is 0 Å². The predicted molar refractivity (Wildman–Crippen MR) is 61.1 cm³/mol. The van der Waals surface area contributed by atoms with Crippen molar-refractivity contribution in [3.05, 3.63) is 17.8 Å². The monoisotopic (exact) mass is 224 g/mol. The lowest BCUT2D eigenvalue weighted by Gasteiger charge is -2.21. The third-order valence-electron chi connectivity index (χ3n) is 3.00. The SMILES string of the molecule is CCc1cnc(CNCC2CCOCC2)o1.